The highest BCUT2D eigenvalue weighted by molar-refractivity contribution is 5.54. The van der Waals surface area contributed by atoms with Gasteiger partial charge in [0.25, 0.3) is 0 Å². The average Bonchev–Trinajstić information content (AvgIpc) is 2.68. The minimum Gasteiger partial charge on any atom is -0.303 e. The van der Waals surface area contributed by atoms with Gasteiger partial charge < -0.3 is 4.79 Å². The van der Waals surface area contributed by atoms with E-state index in [0.29, 0.717) is 10.8 Å². The maximum absolute atomic E-state index is 11.0. The highest BCUT2D eigenvalue weighted by Gasteiger charge is 2.79. The highest BCUT2D eigenvalue weighted by atomic mass is 16.1. The van der Waals surface area contributed by atoms with E-state index in [1.807, 2.05) is 0 Å². The second-order valence-electron chi connectivity index (χ2n) is 6.74. The van der Waals surface area contributed by atoms with E-state index < -0.39 is 0 Å². The Morgan fingerprint density at radius 2 is 2.31 bits per heavy atom. The molecular formula is C15H20O. The molecule has 4 rings (SSSR count). The van der Waals surface area contributed by atoms with Gasteiger partial charge in [-0.1, -0.05) is 12.2 Å². The molecular weight excluding hydrogens is 196 g/mol. The molecule has 0 heterocycles. The van der Waals surface area contributed by atoms with Crippen LogP contribution in [0.15, 0.2) is 12.2 Å². The summed E-state index contributed by atoms with van der Waals surface area (Å²) >= 11 is 0. The molecule has 0 N–H and O–H groups in total. The van der Waals surface area contributed by atoms with Crippen LogP contribution < -0.4 is 0 Å². The number of carbonyl (C=O) groups excluding carboxylic acids is 1. The van der Waals surface area contributed by atoms with Crippen LogP contribution in [0.3, 0.4) is 0 Å². The van der Waals surface area contributed by atoms with Gasteiger partial charge in [0.15, 0.2) is 0 Å². The van der Waals surface area contributed by atoms with Gasteiger partial charge in [-0.2, -0.15) is 0 Å². The molecule has 0 amide bonds. The standard InChI is InChI=1S/C15H20O/c1-10-2-3-11-8-13-12(10)4-5-15(13)9-14(11,15)6-7-16/h7,11-13H,1-6,8-9H2/t11-,12+,13-,14+,15-/m1/s1. The molecule has 2 bridgehead atoms. The molecule has 5 atom stereocenters. The largest absolute Gasteiger partial charge is 0.303 e. The lowest BCUT2D eigenvalue weighted by Crippen LogP contribution is -2.18. The lowest BCUT2D eigenvalue weighted by atomic mass is 9.80. The van der Waals surface area contributed by atoms with Gasteiger partial charge in [-0.25, -0.2) is 0 Å². The Hall–Kier alpha value is -0.590. The summed E-state index contributed by atoms with van der Waals surface area (Å²) in [5, 5.41) is 0. The molecule has 1 spiro atoms. The fraction of sp³-hybridized carbons (Fsp3) is 0.800. The molecule has 0 unspecified atom stereocenters. The lowest BCUT2D eigenvalue weighted by molar-refractivity contribution is -0.109. The molecule has 4 saturated carbocycles. The van der Waals surface area contributed by atoms with Crippen LogP contribution in [0.4, 0.5) is 0 Å². The van der Waals surface area contributed by atoms with Crippen molar-refractivity contribution in [3.8, 4) is 0 Å². The van der Waals surface area contributed by atoms with Gasteiger partial charge >= 0.3 is 0 Å². The third kappa shape index (κ3) is 0.781. The topological polar surface area (TPSA) is 17.1 Å². The molecule has 1 nitrogen and oxygen atoms in total. The minimum atomic E-state index is 0.467. The maximum Gasteiger partial charge on any atom is 0.120 e. The fourth-order valence-electron chi connectivity index (χ4n) is 6.03. The predicted octanol–water partition coefficient (Wildman–Crippen LogP) is 3.35. The molecule has 16 heavy (non-hydrogen) atoms. The Labute approximate surface area is 97.3 Å². The van der Waals surface area contributed by atoms with Gasteiger partial charge in [0.1, 0.15) is 6.29 Å². The molecule has 4 aliphatic rings. The zero-order valence-electron chi connectivity index (χ0n) is 9.87. The van der Waals surface area contributed by atoms with Crippen molar-refractivity contribution in [1.82, 2.24) is 0 Å². The molecule has 4 aliphatic carbocycles. The Kier molecular flexibility index (Phi) is 1.55. The Morgan fingerprint density at radius 1 is 1.44 bits per heavy atom. The van der Waals surface area contributed by atoms with Crippen molar-refractivity contribution in [2.75, 3.05) is 0 Å². The first kappa shape index (κ1) is 9.44. The summed E-state index contributed by atoms with van der Waals surface area (Å²) < 4.78 is 0. The molecule has 0 aliphatic heterocycles. The summed E-state index contributed by atoms with van der Waals surface area (Å²) in [4.78, 5) is 11.0. The third-order valence-electron chi connectivity index (χ3n) is 6.70. The summed E-state index contributed by atoms with van der Waals surface area (Å²) in [7, 11) is 0. The Bertz CT molecular complexity index is 385. The number of carbonyl (C=O) groups is 1. The van der Waals surface area contributed by atoms with Crippen molar-refractivity contribution in [1.29, 1.82) is 0 Å². The van der Waals surface area contributed by atoms with Crippen LogP contribution in [0.1, 0.15) is 44.9 Å². The summed E-state index contributed by atoms with van der Waals surface area (Å²) in [5.74, 6) is 2.58. The first-order valence-electron chi connectivity index (χ1n) is 6.85. The lowest BCUT2D eigenvalue weighted by Gasteiger charge is -2.24. The second kappa shape index (κ2) is 2.63. The van der Waals surface area contributed by atoms with Crippen LogP contribution in [0.2, 0.25) is 0 Å². The first-order chi connectivity index (χ1) is 7.73. The van der Waals surface area contributed by atoms with E-state index >= 15 is 0 Å². The highest BCUT2D eigenvalue weighted by Crippen LogP contribution is 2.86. The number of fused-ring (bicyclic) bond motifs is 2. The van der Waals surface area contributed by atoms with E-state index in [-0.39, 0.29) is 0 Å². The number of hydrogen-bond donors (Lipinski definition) is 0. The maximum atomic E-state index is 11.0. The van der Waals surface area contributed by atoms with Gasteiger partial charge in [-0.3, -0.25) is 0 Å². The smallest absolute Gasteiger partial charge is 0.120 e. The third-order valence-corrected chi connectivity index (χ3v) is 6.70. The van der Waals surface area contributed by atoms with Gasteiger partial charge in [-0.05, 0) is 67.1 Å². The van der Waals surface area contributed by atoms with E-state index in [1.165, 1.54) is 50.4 Å². The van der Waals surface area contributed by atoms with Crippen LogP contribution in [-0.4, -0.2) is 6.29 Å². The van der Waals surface area contributed by atoms with Crippen molar-refractivity contribution in [2.45, 2.75) is 44.9 Å². The van der Waals surface area contributed by atoms with Crippen molar-refractivity contribution < 1.29 is 4.79 Å². The molecule has 0 saturated heterocycles. The summed E-state index contributed by atoms with van der Waals surface area (Å²) in [6.45, 7) is 4.32. The summed E-state index contributed by atoms with van der Waals surface area (Å²) in [6, 6.07) is 0. The van der Waals surface area contributed by atoms with Crippen LogP contribution >= 0.6 is 0 Å². The quantitative estimate of drug-likeness (QED) is 0.511. The van der Waals surface area contributed by atoms with Crippen LogP contribution in [0, 0.1) is 28.6 Å². The number of hydrogen-bond acceptors (Lipinski definition) is 1. The summed E-state index contributed by atoms with van der Waals surface area (Å²) in [6.07, 6.45) is 10.2. The number of allylic oxidation sites excluding steroid dienone is 1. The molecule has 86 valence electrons. The van der Waals surface area contributed by atoms with Gasteiger partial charge in [-0.15, -0.1) is 0 Å². The van der Waals surface area contributed by atoms with Crippen molar-refractivity contribution in [3.63, 3.8) is 0 Å². The average molecular weight is 216 g/mol. The molecule has 0 radical (unpaired) electrons. The van der Waals surface area contributed by atoms with Crippen molar-refractivity contribution in [2.24, 2.45) is 28.6 Å². The normalized spacial score (nSPS) is 57.0. The predicted molar refractivity (Wildman–Crippen MR) is 62.9 cm³/mol. The van der Waals surface area contributed by atoms with Crippen LogP contribution in [0.5, 0.6) is 0 Å². The monoisotopic (exact) mass is 216 g/mol. The van der Waals surface area contributed by atoms with Gasteiger partial charge in [0.05, 0.1) is 0 Å². The second-order valence-corrected chi connectivity index (χ2v) is 6.74. The fourth-order valence-corrected chi connectivity index (χ4v) is 6.03. The van der Waals surface area contributed by atoms with Crippen LogP contribution in [-0.2, 0) is 4.79 Å². The number of aldehydes is 1. The van der Waals surface area contributed by atoms with Gasteiger partial charge in [0.2, 0.25) is 0 Å². The van der Waals surface area contributed by atoms with E-state index in [2.05, 4.69) is 6.58 Å². The van der Waals surface area contributed by atoms with E-state index in [9.17, 15) is 4.79 Å². The van der Waals surface area contributed by atoms with E-state index in [1.54, 1.807) is 0 Å². The number of rotatable bonds is 2. The molecule has 0 aromatic carbocycles. The SMILES string of the molecule is C=C1CC[C@@H]2C[C@@H]3[C@H]1CC[C@@]31C[C@@]21CC=O. The Morgan fingerprint density at radius 3 is 3.12 bits per heavy atom. The molecule has 0 aromatic heterocycles. The molecule has 0 aromatic rings. The van der Waals surface area contributed by atoms with E-state index in [4.69, 9.17) is 0 Å². The van der Waals surface area contributed by atoms with Crippen molar-refractivity contribution >= 4 is 6.29 Å². The zero-order chi connectivity index (χ0) is 11.0. The van der Waals surface area contributed by atoms with Gasteiger partial charge in [0, 0.05) is 6.42 Å². The van der Waals surface area contributed by atoms with Crippen molar-refractivity contribution in [3.05, 3.63) is 12.2 Å². The zero-order valence-corrected chi connectivity index (χ0v) is 9.87. The van der Waals surface area contributed by atoms with Crippen LogP contribution in [0.25, 0.3) is 0 Å². The minimum absolute atomic E-state index is 0.467. The molecule has 1 heteroatoms. The summed E-state index contributed by atoms with van der Waals surface area (Å²) in [5.41, 5.74) is 2.61. The van der Waals surface area contributed by atoms with E-state index in [0.717, 1.165) is 24.2 Å². The Balaban J connectivity index is 1.79. The molecule has 4 fully saturated rings. The first-order valence-corrected chi connectivity index (χ1v) is 6.85.